The molecule has 1 rings (SSSR count). The van der Waals surface area contributed by atoms with Crippen molar-refractivity contribution in [1.29, 1.82) is 0 Å². The van der Waals surface area contributed by atoms with E-state index in [1.54, 1.807) is 23.1 Å². The number of hydrogen-bond donors (Lipinski definition) is 0. The second-order valence-corrected chi connectivity index (χ2v) is 3.92. The molecule has 1 heterocycles. The Hall–Kier alpha value is -0.350. The molecular formula is C7H9NOS2. The van der Waals surface area contributed by atoms with Crippen LogP contribution >= 0.6 is 23.1 Å². The van der Waals surface area contributed by atoms with Crippen LogP contribution in [0.25, 0.3) is 0 Å². The van der Waals surface area contributed by atoms with Gasteiger partial charge >= 0.3 is 0 Å². The van der Waals surface area contributed by atoms with Gasteiger partial charge < -0.3 is 0 Å². The molecule has 0 amide bonds. The molecule has 0 saturated carbocycles. The number of thioether (sulfide) groups is 1. The molecule has 2 nitrogen and oxygen atoms in total. The molecule has 0 aliphatic carbocycles. The topological polar surface area (TPSA) is 30.0 Å². The second kappa shape index (κ2) is 3.88. The van der Waals surface area contributed by atoms with Gasteiger partial charge in [-0.15, -0.1) is 11.3 Å². The zero-order chi connectivity index (χ0) is 8.27. The lowest BCUT2D eigenvalue weighted by atomic mass is 10.4. The van der Waals surface area contributed by atoms with Gasteiger partial charge in [-0.05, 0) is 6.26 Å². The molecule has 0 N–H and O–H groups in total. The molecule has 4 heteroatoms. The molecule has 0 aliphatic heterocycles. The van der Waals surface area contributed by atoms with Crippen molar-refractivity contribution in [2.75, 3.05) is 6.26 Å². The fourth-order valence-electron chi connectivity index (χ4n) is 0.662. The highest BCUT2D eigenvalue weighted by Crippen LogP contribution is 2.14. The molecule has 0 fully saturated rings. The van der Waals surface area contributed by atoms with E-state index < -0.39 is 0 Å². The highest BCUT2D eigenvalue weighted by molar-refractivity contribution is 7.97. The number of carbonyl (C=O) groups is 1. The first-order valence-corrected chi connectivity index (χ1v) is 5.45. The molecule has 0 bridgehead atoms. The molecule has 1 aromatic rings. The van der Waals surface area contributed by atoms with E-state index >= 15 is 0 Å². The average molecular weight is 187 g/mol. The monoisotopic (exact) mass is 187 g/mol. The first-order chi connectivity index (χ1) is 5.24. The summed E-state index contributed by atoms with van der Waals surface area (Å²) in [5, 5.41) is 2.84. The number of ketones is 1. The summed E-state index contributed by atoms with van der Waals surface area (Å²) in [6, 6.07) is 0. The van der Waals surface area contributed by atoms with Crippen LogP contribution in [0, 0.1) is 0 Å². The van der Waals surface area contributed by atoms with Crippen molar-refractivity contribution in [1.82, 2.24) is 4.98 Å². The summed E-state index contributed by atoms with van der Waals surface area (Å²) in [5.41, 5.74) is 0.596. The summed E-state index contributed by atoms with van der Waals surface area (Å²) < 4.78 is 0. The lowest BCUT2D eigenvalue weighted by Gasteiger charge is -1.87. The van der Waals surface area contributed by atoms with Crippen LogP contribution in [-0.2, 0) is 5.75 Å². The summed E-state index contributed by atoms with van der Waals surface area (Å²) in [4.78, 5) is 14.9. The van der Waals surface area contributed by atoms with Crippen LogP contribution in [-0.4, -0.2) is 17.0 Å². The van der Waals surface area contributed by atoms with Crippen LogP contribution in [0.2, 0.25) is 0 Å². The van der Waals surface area contributed by atoms with Crippen molar-refractivity contribution < 1.29 is 4.79 Å². The molecule has 60 valence electrons. The third-order valence-corrected chi connectivity index (χ3v) is 2.77. The molecule has 0 aromatic carbocycles. The van der Waals surface area contributed by atoms with Crippen molar-refractivity contribution in [2.45, 2.75) is 12.7 Å². The summed E-state index contributed by atoms with van der Waals surface area (Å²) >= 11 is 3.27. The SMILES string of the molecule is CSCc1nc(C(C)=O)cs1. The van der Waals surface area contributed by atoms with E-state index in [-0.39, 0.29) is 5.78 Å². The zero-order valence-electron chi connectivity index (χ0n) is 6.46. The van der Waals surface area contributed by atoms with Gasteiger partial charge in [0.25, 0.3) is 0 Å². The zero-order valence-corrected chi connectivity index (χ0v) is 8.09. The van der Waals surface area contributed by atoms with E-state index in [4.69, 9.17) is 0 Å². The summed E-state index contributed by atoms with van der Waals surface area (Å²) in [7, 11) is 0. The van der Waals surface area contributed by atoms with Crippen LogP contribution in [0.15, 0.2) is 5.38 Å². The largest absolute Gasteiger partial charge is 0.293 e. The van der Waals surface area contributed by atoms with Crippen molar-refractivity contribution in [3.63, 3.8) is 0 Å². The van der Waals surface area contributed by atoms with Crippen molar-refractivity contribution >= 4 is 28.9 Å². The molecule has 0 saturated heterocycles. The van der Waals surface area contributed by atoms with Gasteiger partial charge in [0.15, 0.2) is 5.78 Å². The van der Waals surface area contributed by atoms with Crippen LogP contribution in [0.3, 0.4) is 0 Å². The van der Waals surface area contributed by atoms with Gasteiger partial charge in [0.2, 0.25) is 0 Å². The predicted octanol–water partition coefficient (Wildman–Crippen LogP) is 2.21. The number of carbonyl (C=O) groups excluding carboxylic acids is 1. The van der Waals surface area contributed by atoms with E-state index in [1.807, 2.05) is 11.6 Å². The Kier molecular flexibility index (Phi) is 3.08. The van der Waals surface area contributed by atoms with Gasteiger partial charge in [0, 0.05) is 18.1 Å². The van der Waals surface area contributed by atoms with Gasteiger partial charge in [0.05, 0.1) is 0 Å². The smallest absolute Gasteiger partial charge is 0.178 e. The maximum absolute atomic E-state index is 10.8. The molecule has 0 unspecified atom stereocenters. The Morgan fingerprint density at radius 1 is 1.82 bits per heavy atom. The van der Waals surface area contributed by atoms with Gasteiger partial charge in [0.1, 0.15) is 10.7 Å². The van der Waals surface area contributed by atoms with Crippen molar-refractivity contribution in [2.24, 2.45) is 0 Å². The third-order valence-electron chi connectivity index (χ3n) is 1.18. The minimum atomic E-state index is 0.0496. The Morgan fingerprint density at radius 2 is 2.55 bits per heavy atom. The van der Waals surface area contributed by atoms with Crippen LogP contribution < -0.4 is 0 Å². The Bertz CT molecular complexity index is 257. The summed E-state index contributed by atoms with van der Waals surface area (Å²) in [6.45, 7) is 1.54. The molecule has 0 aliphatic rings. The number of rotatable bonds is 3. The normalized spacial score (nSPS) is 10.0. The van der Waals surface area contributed by atoms with Crippen LogP contribution in [0.1, 0.15) is 22.4 Å². The number of Topliss-reactive ketones (excluding diaryl/α,β-unsaturated/α-hetero) is 1. The maximum Gasteiger partial charge on any atom is 0.178 e. The number of aromatic nitrogens is 1. The quantitative estimate of drug-likeness (QED) is 0.679. The first-order valence-electron chi connectivity index (χ1n) is 3.18. The lowest BCUT2D eigenvalue weighted by Crippen LogP contribution is -1.91. The van der Waals surface area contributed by atoms with Crippen LogP contribution in [0.5, 0.6) is 0 Å². The molecule has 11 heavy (non-hydrogen) atoms. The number of nitrogens with zero attached hydrogens (tertiary/aromatic N) is 1. The maximum atomic E-state index is 10.8. The molecule has 1 aromatic heterocycles. The Labute approximate surface area is 74.0 Å². The molecule has 0 atom stereocenters. The summed E-state index contributed by atoms with van der Waals surface area (Å²) in [6.07, 6.45) is 2.02. The fraction of sp³-hybridized carbons (Fsp3) is 0.429. The minimum Gasteiger partial charge on any atom is -0.293 e. The molecular weight excluding hydrogens is 178 g/mol. The molecule has 0 radical (unpaired) electrons. The molecule has 0 spiro atoms. The van der Waals surface area contributed by atoms with E-state index in [0.717, 1.165) is 10.8 Å². The van der Waals surface area contributed by atoms with Crippen molar-refractivity contribution in [3.05, 3.63) is 16.1 Å². The lowest BCUT2D eigenvalue weighted by molar-refractivity contribution is 0.101. The first kappa shape index (κ1) is 8.74. The highest BCUT2D eigenvalue weighted by Gasteiger charge is 2.04. The fourth-order valence-corrected chi connectivity index (χ4v) is 2.22. The van der Waals surface area contributed by atoms with Gasteiger partial charge in [-0.1, -0.05) is 0 Å². The standard InChI is InChI=1S/C7H9NOS2/c1-5(9)6-3-11-7(8-6)4-10-2/h3H,4H2,1-2H3. The second-order valence-electron chi connectivity index (χ2n) is 2.12. The van der Waals surface area contributed by atoms with Gasteiger partial charge in [-0.2, -0.15) is 11.8 Å². The average Bonchev–Trinajstić information content (AvgIpc) is 2.37. The Balaban J connectivity index is 2.73. The van der Waals surface area contributed by atoms with E-state index in [9.17, 15) is 4.79 Å². The van der Waals surface area contributed by atoms with Crippen molar-refractivity contribution in [3.8, 4) is 0 Å². The minimum absolute atomic E-state index is 0.0496. The predicted molar refractivity (Wildman–Crippen MR) is 49.3 cm³/mol. The van der Waals surface area contributed by atoms with E-state index in [0.29, 0.717) is 5.69 Å². The third kappa shape index (κ3) is 2.31. The summed E-state index contributed by atoms with van der Waals surface area (Å²) in [5.74, 6) is 0.950. The number of hydrogen-bond acceptors (Lipinski definition) is 4. The highest BCUT2D eigenvalue weighted by atomic mass is 32.2. The Morgan fingerprint density at radius 3 is 3.00 bits per heavy atom. The van der Waals surface area contributed by atoms with E-state index in [1.165, 1.54) is 6.92 Å². The van der Waals surface area contributed by atoms with Crippen LogP contribution in [0.4, 0.5) is 0 Å². The number of thiazole rings is 1. The van der Waals surface area contributed by atoms with E-state index in [2.05, 4.69) is 4.98 Å². The van der Waals surface area contributed by atoms with Gasteiger partial charge in [-0.25, -0.2) is 4.98 Å². The van der Waals surface area contributed by atoms with Gasteiger partial charge in [-0.3, -0.25) is 4.79 Å².